The highest BCUT2D eigenvalue weighted by Crippen LogP contribution is 2.17. The second-order valence-electron chi connectivity index (χ2n) is 3.83. The number of benzene rings is 1. The van der Waals surface area contributed by atoms with Crippen molar-refractivity contribution in [1.82, 2.24) is 4.98 Å². The Morgan fingerprint density at radius 3 is 2.63 bits per heavy atom. The Labute approximate surface area is 107 Å². The van der Waals surface area contributed by atoms with Crippen LogP contribution in [-0.4, -0.2) is 16.0 Å². The molecule has 2 N–H and O–H groups in total. The second-order valence-corrected chi connectivity index (χ2v) is 3.83. The maximum atomic E-state index is 13.2. The van der Waals surface area contributed by atoms with Crippen LogP contribution in [0.5, 0.6) is 5.75 Å². The molecule has 0 spiro atoms. The number of hydrogen-bond acceptors (Lipinski definition) is 3. The minimum Gasteiger partial charge on any atom is -0.508 e. The minimum atomic E-state index is -1.09. The Kier molecular flexibility index (Phi) is 3.70. The van der Waals surface area contributed by atoms with E-state index in [1.54, 1.807) is 18.2 Å². The zero-order valence-corrected chi connectivity index (χ0v) is 9.73. The first-order valence-corrected chi connectivity index (χ1v) is 5.45. The second kappa shape index (κ2) is 5.43. The molecule has 0 fully saturated rings. The summed E-state index contributed by atoms with van der Waals surface area (Å²) in [5, 5.41) is 11.8. The van der Waals surface area contributed by atoms with Crippen molar-refractivity contribution in [3.8, 4) is 5.75 Å². The Morgan fingerprint density at radius 2 is 1.95 bits per heavy atom. The molecule has 0 saturated heterocycles. The van der Waals surface area contributed by atoms with E-state index in [4.69, 9.17) is 0 Å². The first-order chi connectivity index (χ1) is 9.06. The lowest BCUT2D eigenvalue weighted by Gasteiger charge is -2.07. The van der Waals surface area contributed by atoms with Gasteiger partial charge in [-0.05, 0) is 18.2 Å². The number of aromatic nitrogens is 1. The van der Waals surface area contributed by atoms with Crippen molar-refractivity contribution in [3.05, 3.63) is 53.9 Å². The summed E-state index contributed by atoms with van der Waals surface area (Å²) < 4.78 is 25.8. The highest BCUT2D eigenvalue weighted by Gasteiger charge is 2.11. The fourth-order valence-corrected chi connectivity index (χ4v) is 1.53. The number of nitrogens with one attached hydrogen (secondary N) is 1. The van der Waals surface area contributed by atoms with Crippen molar-refractivity contribution in [3.63, 3.8) is 0 Å². The largest absolute Gasteiger partial charge is 0.508 e. The lowest BCUT2D eigenvalue weighted by Crippen LogP contribution is -2.16. The summed E-state index contributed by atoms with van der Waals surface area (Å²) in [6, 6.07) is 8.35. The van der Waals surface area contributed by atoms with E-state index in [1.807, 2.05) is 0 Å². The van der Waals surface area contributed by atoms with Gasteiger partial charge in [0, 0.05) is 5.56 Å². The normalized spacial score (nSPS) is 10.2. The summed E-state index contributed by atoms with van der Waals surface area (Å²) in [5.74, 6) is -2.61. The van der Waals surface area contributed by atoms with Crippen LogP contribution >= 0.6 is 0 Å². The summed E-state index contributed by atoms with van der Waals surface area (Å²) in [6.07, 6.45) is -0.122. The molecule has 2 rings (SSSR count). The standard InChI is InChI=1S/C13H10F2N2O2/c14-11-6-5-9(13(15)17-11)16-12(19)7-8-3-1-2-4-10(8)18/h1-6,18H,7H2,(H,16,19). The minimum absolute atomic E-state index is 0.0182. The average molecular weight is 264 g/mol. The number of aromatic hydroxyl groups is 1. The predicted octanol–water partition coefficient (Wildman–Crippen LogP) is 2.25. The summed E-state index contributed by atoms with van der Waals surface area (Å²) in [5.41, 5.74) is 0.206. The van der Waals surface area contributed by atoms with Crippen LogP contribution in [0.4, 0.5) is 14.5 Å². The third-order valence-electron chi connectivity index (χ3n) is 2.43. The van der Waals surface area contributed by atoms with Crippen molar-refractivity contribution in [1.29, 1.82) is 0 Å². The monoisotopic (exact) mass is 264 g/mol. The number of hydrogen-bond donors (Lipinski definition) is 2. The number of rotatable bonds is 3. The highest BCUT2D eigenvalue weighted by atomic mass is 19.1. The molecule has 1 aromatic carbocycles. The number of nitrogens with zero attached hydrogens (tertiary/aromatic N) is 1. The molecule has 0 aliphatic rings. The van der Waals surface area contributed by atoms with Gasteiger partial charge < -0.3 is 10.4 Å². The van der Waals surface area contributed by atoms with E-state index < -0.39 is 17.8 Å². The van der Waals surface area contributed by atoms with Gasteiger partial charge in [0.15, 0.2) is 0 Å². The first kappa shape index (κ1) is 12.9. The molecule has 1 aromatic heterocycles. The van der Waals surface area contributed by atoms with E-state index in [1.165, 1.54) is 6.07 Å². The molecule has 0 atom stereocenters. The van der Waals surface area contributed by atoms with Gasteiger partial charge in [0.1, 0.15) is 5.75 Å². The maximum absolute atomic E-state index is 13.2. The topological polar surface area (TPSA) is 62.2 Å². The summed E-state index contributed by atoms with van der Waals surface area (Å²) >= 11 is 0. The third-order valence-corrected chi connectivity index (χ3v) is 2.43. The van der Waals surface area contributed by atoms with Gasteiger partial charge in [-0.25, -0.2) is 0 Å². The van der Waals surface area contributed by atoms with Crippen molar-refractivity contribution in [2.45, 2.75) is 6.42 Å². The van der Waals surface area contributed by atoms with Gasteiger partial charge in [0.2, 0.25) is 17.8 Å². The number of halogens is 2. The smallest absolute Gasteiger partial charge is 0.239 e. The average Bonchev–Trinajstić information content (AvgIpc) is 2.36. The number of carbonyl (C=O) groups is 1. The third kappa shape index (κ3) is 3.25. The van der Waals surface area contributed by atoms with Crippen LogP contribution in [0.15, 0.2) is 36.4 Å². The van der Waals surface area contributed by atoms with Crippen molar-refractivity contribution < 1.29 is 18.7 Å². The molecule has 19 heavy (non-hydrogen) atoms. The molecule has 0 unspecified atom stereocenters. The fourth-order valence-electron chi connectivity index (χ4n) is 1.53. The molecule has 6 heteroatoms. The molecule has 4 nitrogen and oxygen atoms in total. The Morgan fingerprint density at radius 1 is 1.21 bits per heavy atom. The zero-order chi connectivity index (χ0) is 13.8. The van der Waals surface area contributed by atoms with Gasteiger partial charge in [-0.1, -0.05) is 18.2 Å². The molecular weight excluding hydrogens is 254 g/mol. The number of anilines is 1. The summed E-state index contributed by atoms with van der Waals surface area (Å²) in [6.45, 7) is 0. The number of pyridine rings is 1. The molecule has 0 aliphatic carbocycles. The van der Waals surface area contributed by atoms with Crippen LogP contribution in [-0.2, 0) is 11.2 Å². The van der Waals surface area contributed by atoms with Gasteiger partial charge in [0.25, 0.3) is 0 Å². The highest BCUT2D eigenvalue weighted by molar-refractivity contribution is 5.92. The quantitative estimate of drug-likeness (QED) is 0.836. The van der Waals surface area contributed by atoms with E-state index in [2.05, 4.69) is 10.3 Å². The van der Waals surface area contributed by atoms with Gasteiger partial charge in [-0.15, -0.1) is 0 Å². The van der Waals surface area contributed by atoms with E-state index in [0.717, 1.165) is 12.1 Å². The molecule has 0 saturated carbocycles. The Balaban J connectivity index is 2.08. The van der Waals surface area contributed by atoms with Gasteiger partial charge >= 0.3 is 0 Å². The predicted molar refractivity (Wildman–Crippen MR) is 64.6 cm³/mol. The van der Waals surface area contributed by atoms with Crippen LogP contribution in [0.3, 0.4) is 0 Å². The van der Waals surface area contributed by atoms with Gasteiger partial charge in [-0.3, -0.25) is 4.79 Å². The van der Waals surface area contributed by atoms with Crippen LogP contribution in [0.2, 0.25) is 0 Å². The lowest BCUT2D eigenvalue weighted by atomic mass is 10.1. The van der Waals surface area contributed by atoms with E-state index >= 15 is 0 Å². The fraction of sp³-hybridized carbons (Fsp3) is 0.0769. The van der Waals surface area contributed by atoms with Crippen LogP contribution < -0.4 is 5.32 Å². The van der Waals surface area contributed by atoms with Crippen LogP contribution in [0, 0.1) is 11.9 Å². The zero-order valence-electron chi connectivity index (χ0n) is 9.73. The summed E-state index contributed by atoms with van der Waals surface area (Å²) in [4.78, 5) is 14.6. The van der Waals surface area contributed by atoms with Crippen molar-refractivity contribution in [2.75, 3.05) is 5.32 Å². The molecule has 98 valence electrons. The first-order valence-electron chi connectivity index (χ1n) is 5.45. The SMILES string of the molecule is O=C(Cc1ccccc1O)Nc1ccc(F)nc1F. The van der Waals surface area contributed by atoms with Crippen LogP contribution in [0.1, 0.15) is 5.56 Å². The van der Waals surface area contributed by atoms with E-state index in [-0.39, 0.29) is 17.9 Å². The van der Waals surface area contributed by atoms with Crippen LogP contribution in [0.25, 0.3) is 0 Å². The van der Waals surface area contributed by atoms with E-state index in [9.17, 15) is 18.7 Å². The molecule has 0 aliphatic heterocycles. The Bertz CT molecular complexity index is 617. The molecular formula is C13H10F2N2O2. The maximum Gasteiger partial charge on any atom is 0.239 e. The molecule has 1 heterocycles. The number of amides is 1. The Hall–Kier alpha value is -2.50. The molecule has 2 aromatic rings. The molecule has 0 bridgehead atoms. The van der Waals surface area contributed by atoms with Gasteiger partial charge in [-0.2, -0.15) is 13.8 Å². The number of phenols is 1. The van der Waals surface area contributed by atoms with Gasteiger partial charge in [0.05, 0.1) is 12.1 Å². The number of phenolic OH excluding ortho intramolecular Hbond substituents is 1. The van der Waals surface area contributed by atoms with E-state index in [0.29, 0.717) is 5.56 Å². The lowest BCUT2D eigenvalue weighted by molar-refractivity contribution is -0.115. The molecule has 1 amide bonds. The van der Waals surface area contributed by atoms with Crippen molar-refractivity contribution in [2.24, 2.45) is 0 Å². The number of carbonyl (C=O) groups excluding carboxylic acids is 1. The number of para-hydroxylation sites is 1. The van der Waals surface area contributed by atoms with Crippen molar-refractivity contribution >= 4 is 11.6 Å². The molecule has 0 radical (unpaired) electrons. The summed E-state index contributed by atoms with van der Waals surface area (Å²) in [7, 11) is 0.